The average molecular weight is 442 g/mol. The zero-order valence-corrected chi connectivity index (χ0v) is 18.1. The predicted molar refractivity (Wildman–Crippen MR) is 114 cm³/mol. The zero-order chi connectivity index (χ0) is 23.8. The fourth-order valence-corrected chi connectivity index (χ4v) is 3.43. The van der Waals surface area contributed by atoms with E-state index in [0.717, 1.165) is 22.6 Å². The van der Waals surface area contributed by atoms with Gasteiger partial charge in [0.1, 0.15) is 23.6 Å². The number of benzene rings is 2. The number of carbonyl (C=O) groups excluding carboxylic acids is 3. The number of imide groups is 1. The summed E-state index contributed by atoms with van der Waals surface area (Å²) in [6.45, 7) is 7.05. The summed E-state index contributed by atoms with van der Waals surface area (Å²) in [6, 6.07) is 9.16. The molecule has 2 aromatic carbocycles. The van der Waals surface area contributed by atoms with E-state index in [1.807, 2.05) is 12.1 Å². The third kappa shape index (κ3) is 4.29. The molecule has 1 heterocycles. The van der Waals surface area contributed by atoms with Gasteiger partial charge in [-0.05, 0) is 35.6 Å². The van der Waals surface area contributed by atoms with E-state index in [0.29, 0.717) is 11.6 Å². The van der Waals surface area contributed by atoms with Crippen molar-refractivity contribution in [1.29, 1.82) is 0 Å². The van der Waals surface area contributed by atoms with Crippen LogP contribution in [0.25, 0.3) is 0 Å². The first kappa shape index (κ1) is 22.9. The molecule has 0 radical (unpaired) electrons. The zero-order valence-electron chi connectivity index (χ0n) is 18.1. The summed E-state index contributed by atoms with van der Waals surface area (Å²) in [7, 11) is 0. The number of nitrogens with one attached hydrogen (secondary N) is 2. The molecule has 0 aliphatic carbocycles. The van der Waals surface area contributed by atoms with Gasteiger partial charge >= 0.3 is 6.03 Å². The van der Waals surface area contributed by atoms with E-state index in [-0.39, 0.29) is 11.1 Å². The first-order valence-corrected chi connectivity index (χ1v) is 9.82. The maximum atomic E-state index is 13.3. The number of anilines is 1. The van der Waals surface area contributed by atoms with Gasteiger partial charge in [-0.25, -0.2) is 9.18 Å². The molecular formula is C22H23FN4O5. The molecule has 4 amide bonds. The molecule has 168 valence electrons. The Balaban J connectivity index is 1.78. The van der Waals surface area contributed by atoms with Crippen molar-refractivity contribution in [3.63, 3.8) is 0 Å². The molecule has 1 aliphatic rings. The van der Waals surface area contributed by atoms with Gasteiger partial charge in [0.05, 0.1) is 11.0 Å². The number of carbonyl (C=O) groups is 3. The molecule has 0 aromatic heterocycles. The molecule has 1 unspecified atom stereocenters. The fraction of sp³-hybridized carbons (Fsp3) is 0.318. The molecule has 10 heteroatoms. The van der Waals surface area contributed by atoms with Crippen LogP contribution in [-0.4, -0.2) is 34.2 Å². The Labute approximate surface area is 183 Å². The van der Waals surface area contributed by atoms with Gasteiger partial charge in [-0.1, -0.05) is 45.0 Å². The van der Waals surface area contributed by atoms with E-state index in [2.05, 4.69) is 31.4 Å². The van der Waals surface area contributed by atoms with Gasteiger partial charge in [-0.15, -0.1) is 0 Å². The second kappa shape index (κ2) is 8.03. The number of hydrogen-bond acceptors (Lipinski definition) is 5. The second-order valence-corrected chi connectivity index (χ2v) is 8.74. The summed E-state index contributed by atoms with van der Waals surface area (Å²) in [5.74, 6) is -2.30. The molecule has 3 rings (SSSR count). The first-order chi connectivity index (χ1) is 14.8. The number of amides is 4. The van der Waals surface area contributed by atoms with Crippen LogP contribution in [0.4, 0.5) is 20.6 Å². The Morgan fingerprint density at radius 2 is 1.81 bits per heavy atom. The van der Waals surface area contributed by atoms with Crippen LogP contribution >= 0.6 is 0 Å². The van der Waals surface area contributed by atoms with Crippen molar-refractivity contribution in [1.82, 2.24) is 10.2 Å². The lowest BCUT2D eigenvalue weighted by Gasteiger charge is -2.24. The highest BCUT2D eigenvalue weighted by atomic mass is 19.1. The largest absolute Gasteiger partial charge is 0.325 e. The Morgan fingerprint density at radius 3 is 2.38 bits per heavy atom. The number of hydrogen-bond donors (Lipinski definition) is 2. The minimum Gasteiger partial charge on any atom is -0.319 e. The summed E-state index contributed by atoms with van der Waals surface area (Å²) >= 11 is 0. The van der Waals surface area contributed by atoms with Crippen molar-refractivity contribution in [2.24, 2.45) is 0 Å². The maximum absolute atomic E-state index is 13.3. The average Bonchev–Trinajstić information content (AvgIpc) is 2.92. The number of halogens is 1. The van der Waals surface area contributed by atoms with Crippen LogP contribution < -0.4 is 10.6 Å². The summed E-state index contributed by atoms with van der Waals surface area (Å²) in [6.07, 6.45) is 0. The van der Waals surface area contributed by atoms with E-state index in [1.165, 1.54) is 0 Å². The smallest absolute Gasteiger partial charge is 0.319 e. The minimum absolute atomic E-state index is 0.0878. The van der Waals surface area contributed by atoms with E-state index < -0.39 is 46.4 Å². The van der Waals surface area contributed by atoms with Crippen LogP contribution in [0.15, 0.2) is 42.5 Å². The third-order valence-corrected chi connectivity index (χ3v) is 5.34. The molecule has 0 bridgehead atoms. The van der Waals surface area contributed by atoms with Crippen LogP contribution in [0.1, 0.15) is 38.8 Å². The number of urea groups is 1. The lowest BCUT2D eigenvalue weighted by atomic mass is 9.84. The lowest BCUT2D eigenvalue weighted by molar-refractivity contribution is -0.384. The number of nitro groups is 1. The first-order valence-electron chi connectivity index (χ1n) is 9.82. The third-order valence-electron chi connectivity index (χ3n) is 5.34. The molecule has 2 N–H and O–H groups in total. The standard InChI is InChI=1S/C22H23FN4O5/c1-21(2,3)13-5-7-14(8-6-13)22(4)19(29)26(20(30)25-22)12-18(28)24-16-10-9-15(23)11-17(16)27(31)32/h5-11H,12H2,1-4H3,(H,24,28)(H,25,30). The summed E-state index contributed by atoms with van der Waals surface area (Å²) < 4.78 is 13.3. The quantitative estimate of drug-likeness (QED) is 0.417. The topological polar surface area (TPSA) is 122 Å². The molecule has 1 atom stereocenters. The fourth-order valence-electron chi connectivity index (χ4n) is 3.43. The molecule has 0 saturated carbocycles. The predicted octanol–water partition coefficient (Wildman–Crippen LogP) is 3.44. The summed E-state index contributed by atoms with van der Waals surface area (Å²) in [5.41, 5.74) is -0.724. The lowest BCUT2D eigenvalue weighted by Crippen LogP contribution is -2.42. The number of nitrogens with zero attached hydrogens (tertiary/aromatic N) is 2. The molecule has 9 nitrogen and oxygen atoms in total. The highest BCUT2D eigenvalue weighted by Gasteiger charge is 2.49. The minimum atomic E-state index is -1.37. The molecule has 1 saturated heterocycles. The van der Waals surface area contributed by atoms with Crippen LogP contribution in [0.3, 0.4) is 0 Å². The maximum Gasteiger partial charge on any atom is 0.325 e. The summed E-state index contributed by atoms with van der Waals surface area (Å²) in [4.78, 5) is 48.9. The van der Waals surface area contributed by atoms with E-state index in [1.54, 1.807) is 19.1 Å². The van der Waals surface area contributed by atoms with Gasteiger partial charge in [0.2, 0.25) is 5.91 Å². The molecule has 0 spiro atoms. The molecule has 1 aliphatic heterocycles. The van der Waals surface area contributed by atoms with E-state index in [9.17, 15) is 28.9 Å². The Bertz CT molecular complexity index is 1110. The Morgan fingerprint density at radius 1 is 1.19 bits per heavy atom. The van der Waals surface area contributed by atoms with Gasteiger partial charge in [-0.2, -0.15) is 0 Å². The van der Waals surface area contributed by atoms with Crippen LogP contribution in [0.2, 0.25) is 0 Å². The van der Waals surface area contributed by atoms with E-state index in [4.69, 9.17) is 0 Å². The van der Waals surface area contributed by atoms with Crippen LogP contribution in [0, 0.1) is 15.9 Å². The molecule has 1 fully saturated rings. The van der Waals surface area contributed by atoms with Gasteiger partial charge in [0.15, 0.2) is 0 Å². The van der Waals surface area contributed by atoms with Gasteiger partial charge in [0, 0.05) is 0 Å². The van der Waals surface area contributed by atoms with Gasteiger partial charge in [-0.3, -0.25) is 24.6 Å². The Kier molecular flexibility index (Phi) is 5.73. The number of nitro benzene ring substituents is 1. The van der Waals surface area contributed by atoms with Crippen LogP contribution in [-0.2, 0) is 20.5 Å². The van der Waals surface area contributed by atoms with Gasteiger partial charge in [0.25, 0.3) is 11.6 Å². The van der Waals surface area contributed by atoms with Gasteiger partial charge < -0.3 is 10.6 Å². The van der Waals surface area contributed by atoms with Crippen molar-refractivity contribution >= 4 is 29.2 Å². The molecular weight excluding hydrogens is 419 g/mol. The highest BCUT2D eigenvalue weighted by molar-refractivity contribution is 6.10. The van der Waals surface area contributed by atoms with E-state index >= 15 is 0 Å². The van der Waals surface area contributed by atoms with Crippen molar-refractivity contribution in [3.05, 3.63) is 69.5 Å². The second-order valence-electron chi connectivity index (χ2n) is 8.74. The highest BCUT2D eigenvalue weighted by Crippen LogP contribution is 2.31. The number of rotatable bonds is 5. The van der Waals surface area contributed by atoms with Crippen molar-refractivity contribution in [3.8, 4) is 0 Å². The van der Waals surface area contributed by atoms with Crippen molar-refractivity contribution in [2.75, 3.05) is 11.9 Å². The van der Waals surface area contributed by atoms with Crippen LogP contribution in [0.5, 0.6) is 0 Å². The SMILES string of the molecule is CC(C)(C)c1ccc(C2(C)NC(=O)N(CC(=O)Nc3ccc(F)cc3[N+](=O)[O-])C2=O)cc1. The monoisotopic (exact) mass is 442 g/mol. The molecule has 2 aromatic rings. The Hall–Kier alpha value is -3.82. The summed E-state index contributed by atoms with van der Waals surface area (Å²) in [5, 5.41) is 16.0. The molecule has 32 heavy (non-hydrogen) atoms. The normalized spacial score (nSPS) is 18.5. The van der Waals surface area contributed by atoms with Crippen molar-refractivity contribution in [2.45, 2.75) is 38.6 Å². The van der Waals surface area contributed by atoms with Crippen molar-refractivity contribution < 1.29 is 23.7 Å².